The maximum atomic E-state index is 12.4. The molecule has 0 unspecified atom stereocenters. The quantitative estimate of drug-likeness (QED) is 0.494. The molecule has 0 aliphatic carbocycles. The number of anilines is 2. The molecule has 3 amide bonds. The van der Waals surface area contributed by atoms with Crippen LogP contribution in [0.1, 0.15) is 64.7 Å². The highest BCUT2D eigenvalue weighted by Gasteiger charge is 2.21. The average molecular weight is 423 g/mol. The maximum absolute atomic E-state index is 12.4. The lowest BCUT2D eigenvalue weighted by molar-refractivity contribution is 0.0620. The highest BCUT2D eigenvalue weighted by Crippen LogP contribution is 2.25. The first-order valence-electron chi connectivity index (χ1n) is 9.93. The summed E-state index contributed by atoms with van der Waals surface area (Å²) in [5.41, 5.74) is 4.86. The minimum absolute atomic E-state index is 0.213. The molecule has 1 aromatic rings. The molecule has 0 spiro atoms. The van der Waals surface area contributed by atoms with Crippen LogP contribution in [0.2, 0.25) is 0 Å². The van der Waals surface area contributed by atoms with Crippen LogP contribution in [0.4, 0.5) is 21.0 Å². The predicted molar refractivity (Wildman–Crippen MR) is 117 cm³/mol. The largest absolute Gasteiger partial charge is 0.444 e. The van der Waals surface area contributed by atoms with Crippen LogP contribution >= 0.6 is 0 Å². The predicted octanol–water partition coefficient (Wildman–Crippen LogP) is 3.85. The van der Waals surface area contributed by atoms with Crippen molar-refractivity contribution >= 4 is 29.5 Å². The summed E-state index contributed by atoms with van der Waals surface area (Å²) in [5.74, 6) is -0.303. The normalized spacial score (nSPS) is 11.4. The van der Waals surface area contributed by atoms with Gasteiger partial charge in [-0.25, -0.2) is 9.59 Å². The fraction of sp³-hybridized carbons (Fsp3) is 0.571. The molecule has 0 radical (unpaired) electrons. The highest BCUT2D eigenvalue weighted by atomic mass is 16.6. The Morgan fingerprint density at radius 2 is 1.40 bits per heavy atom. The molecule has 0 fully saturated rings. The van der Waals surface area contributed by atoms with E-state index in [0.717, 1.165) is 12.8 Å². The first-order valence-corrected chi connectivity index (χ1v) is 9.93. The second-order valence-corrected chi connectivity index (χ2v) is 8.77. The Balaban J connectivity index is 3.04. The van der Waals surface area contributed by atoms with E-state index < -0.39 is 23.4 Å². The van der Waals surface area contributed by atoms with E-state index in [4.69, 9.17) is 15.2 Å². The fourth-order valence-corrected chi connectivity index (χ4v) is 2.30. The topological polar surface area (TPSA) is 132 Å². The minimum atomic E-state index is -0.713. The van der Waals surface area contributed by atoms with Gasteiger partial charge in [-0.05, 0) is 79.1 Å². The number of ether oxygens (including phenoxy) is 2. The van der Waals surface area contributed by atoms with E-state index in [2.05, 4.69) is 16.0 Å². The molecule has 9 heteroatoms. The van der Waals surface area contributed by atoms with Gasteiger partial charge in [0.25, 0.3) is 5.91 Å². The number of nitrogens with one attached hydrogen (secondary N) is 3. The van der Waals surface area contributed by atoms with Crippen LogP contribution in [0.3, 0.4) is 0 Å². The van der Waals surface area contributed by atoms with Gasteiger partial charge in [-0.2, -0.15) is 0 Å². The molecular weight excluding hydrogens is 388 g/mol. The number of hydrogen-bond acceptors (Lipinski definition) is 6. The summed E-state index contributed by atoms with van der Waals surface area (Å²) in [6, 6.07) is 4.53. The van der Waals surface area contributed by atoms with Gasteiger partial charge < -0.3 is 20.5 Å². The van der Waals surface area contributed by atoms with Crippen LogP contribution in [-0.4, -0.2) is 42.4 Å². The van der Waals surface area contributed by atoms with E-state index in [1.54, 1.807) is 47.6 Å². The summed E-state index contributed by atoms with van der Waals surface area (Å²) < 4.78 is 10.5. The molecule has 168 valence electrons. The van der Waals surface area contributed by atoms with Crippen molar-refractivity contribution in [1.82, 2.24) is 5.32 Å². The molecule has 1 rings (SSSR count). The van der Waals surface area contributed by atoms with Crippen molar-refractivity contribution in [2.24, 2.45) is 5.73 Å². The Hall–Kier alpha value is -2.81. The van der Waals surface area contributed by atoms with Crippen LogP contribution in [0.5, 0.6) is 0 Å². The third-order valence-electron chi connectivity index (χ3n) is 3.47. The molecule has 0 aliphatic heterocycles. The number of nitrogens with two attached hydrogens (primary N) is 1. The van der Waals surface area contributed by atoms with E-state index in [9.17, 15) is 14.4 Å². The van der Waals surface area contributed by atoms with E-state index >= 15 is 0 Å². The molecule has 9 nitrogen and oxygen atoms in total. The van der Waals surface area contributed by atoms with Crippen molar-refractivity contribution in [3.8, 4) is 0 Å². The number of rotatable bonds is 7. The molecule has 0 aromatic heterocycles. The van der Waals surface area contributed by atoms with E-state index in [1.165, 1.54) is 12.1 Å². The Morgan fingerprint density at radius 1 is 0.867 bits per heavy atom. The third kappa shape index (κ3) is 10.1. The van der Waals surface area contributed by atoms with Crippen LogP contribution in [-0.2, 0) is 9.47 Å². The second-order valence-electron chi connectivity index (χ2n) is 8.77. The van der Waals surface area contributed by atoms with Crippen molar-refractivity contribution < 1.29 is 23.9 Å². The zero-order valence-electron chi connectivity index (χ0n) is 18.7. The number of benzene rings is 1. The Morgan fingerprint density at radius 3 is 1.90 bits per heavy atom. The van der Waals surface area contributed by atoms with Crippen molar-refractivity contribution in [3.05, 3.63) is 23.8 Å². The summed E-state index contributed by atoms with van der Waals surface area (Å²) in [7, 11) is 0. The summed E-state index contributed by atoms with van der Waals surface area (Å²) in [6.07, 6.45) is 0.178. The molecule has 0 atom stereocenters. The van der Waals surface area contributed by atoms with Crippen LogP contribution in [0.15, 0.2) is 18.2 Å². The van der Waals surface area contributed by atoms with Gasteiger partial charge in [0.15, 0.2) is 0 Å². The van der Waals surface area contributed by atoms with Gasteiger partial charge >= 0.3 is 12.2 Å². The molecule has 1 aromatic carbocycles. The van der Waals surface area contributed by atoms with Gasteiger partial charge in [-0.1, -0.05) is 0 Å². The highest BCUT2D eigenvalue weighted by molar-refractivity contribution is 6.00. The van der Waals surface area contributed by atoms with Gasteiger partial charge in [0.1, 0.15) is 11.2 Å². The lowest BCUT2D eigenvalue weighted by atomic mass is 10.1. The van der Waals surface area contributed by atoms with Crippen LogP contribution in [0.25, 0.3) is 0 Å². The van der Waals surface area contributed by atoms with Crippen molar-refractivity contribution in [2.45, 2.75) is 65.6 Å². The molecule has 0 aliphatic rings. The number of hydrogen-bond donors (Lipinski definition) is 4. The summed E-state index contributed by atoms with van der Waals surface area (Å²) >= 11 is 0. The van der Waals surface area contributed by atoms with E-state index in [-0.39, 0.29) is 17.3 Å². The number of amides is 3. The second kappa shape index (κ2) is 10.8. The number of carbonyl (C=O) groups excluding carboxylic acids is 3. The third-order valence-corrected chi connectivity index (χ3v) is 3.47. The van der Waals surface area contributed by atoms with Crippen molar-refractivity contribution in [2.75, 3.05) is 23.7 Å². The minimum Gasteiger partial charge on any atom is -0.444 e. The Kier molecular flexibility index (Phi) is 9.10. The monoisotopic (exact) mass is 422 g/mol. The summed E-state index contributed by atoms with van der Waals surface area (Å²) in [6.45, 7) is 11.5. The first-order chi connectivity index (χ1) is 13.8. The lowest BCUT2D eigenvalue weighted by Crippen LogP contribution is -2.29. The SMILES string of the molecule is CC(C)(C)OC(=O)Nc1ccc(C(=O)NCCCCN)cc1NC(=O)OC(C)(C)C. The lowest BCUT2D eigenvalue weighted by Gasteiger charge is -2.22. The standard InChI is InChI=1S/C21H34N4O5/c1-20(2,3)29-18(27)24-15-10-9-14(17(26)23-12-8-7-11-22)13-16(15)25-19(28)30-21(4,5)6/h9-10,13H,7-8,11-12,22H2,1-6H3,(H,23,26)(H,24,27)(H,25,28). The molecule has 5 N–H and O–H groups in total. The Labute approximate surface area is 178 Å². The maximum Gasteiger partial charge on any atom is 0.412 e. The van der Waals surface area contributed by atoms with Gasteiger partial charge in [-0.15, -0.1) is 0 Å². The molecule has 0 saturated carbocycles. The zero-order chi connectivity index (χ0) is 22.9. The van der Waals surface area contributed by atoms with Gasteiger partial charge in [0, 0.05) is 12.1 Å². The smallest absolute Gasteiger partial charge is 0.412 e. The fourth-order valence-electron chi connectivity index (χ4n) is 2.30. The van der Waals surface area contributed by atoms with Gasteiger partial charge in [0.2, 0.25) is 0 Å². The molecule has 0 saturated heterocycles. The van der Waals surface area contributed by atoms with Crippen LogP contribution < -0.4 is 21.7 Å². The molecule has 30 heavy (non-hydrogen) atoms. The Bertz CT molecular complexity index is 751. The van der Waals surface area contributed by atoms with E-state index in [0.29, 0.717) is 18.7 Å². The van der Waals surface area contributed by atoms with Crippen LogP contribution in [0, 0.1) is 0 Å². The van der Waals surface area contributed by atoms with Crippen molar-refractivity contribution in [1.29, 1.82) is 0 Å². The zero-order valence-corrected chi connectivity index (χ0v) is 18.7. The molecule has 0 heterocycles. The van der Waals surface area contributed by atoms with Crippen molar-refractivity contribution in [3.63, 3.8) is 0 Å². The first kappa shape index (κ1) is 25.2. The van der Waals surface area contributed by atoms with Gasteiger partial charge in [0.05, 0.1) is 11.4 Å². The average Bonchev–Trinajstić information content (AvgIpc) is 2.56. The number of unbranched alkanes of at least 4 members (excludes halogenated alkanes) is 1. The number of carbonyl (C=O) groups is 3. The van der Waals surface area contributed by atoms with Gasteiger partial charge in [-0.3, -0.25) is 15.4 Å². The summed E-state index contributed by atoms with van der Waals surface area (Å²) in [4.78, 5) is 36.8. The van der Waals surface area contributed by atoms with E-state index in [1.807, 2.05) is 0 Å². The molecular formula is C21H34N4O5. The molecule has 0 bridgehead atoms. The summed E-state index contributed by atoms with van der Waals surface area (Å²) in [5, 5.41) is 7.96.